The smallest absolute Gasteiger partial charge is 0.312 e. The average Bonchev–Trinajstić information content (AvgIpc) is 3.62. The van der Waals surface area contributed by atoms with Crippen LogP contribution in [0.15, 0.2) is 59.5 Å². The first kappa shape index (κ1) is 19.4. The maximum atomic E-state index is 13.5. The maximum Gasteiger partial charge on any atom is 0.312 e. The van der Waals surface area contributed by atoms with E-state index in [-0.39, 0.29) is 17.7 Å². The molecule has 5 aromatic heterocycles. The molecule has 0 saturated heterocycles. The van der Waals surface area contributed by atoms with Gasteiger partial charge in [0, 0.05) is 31.1 Å². The zero-order valence-corrected chi connectivity index (χ0v) is 17.8. The molecule has 1 N–H and O–H groups in total. The molecule has 0 bridgehead atoms. The number of carbonyl (C=O) groups excluding carboxylic acids is 1. The lowest BCUT2D eigenvalue weighted by molar-refractivity contribution is 0.0646. The van der Waals surface area contributed by atoms with Crippen LogP contribution in [0.25, 0.3) is 17.1 Å². The highest BCUT2D eigenvalue weighted by atomic mass is 16.4. The van der Waals surface area contributed by atoms with Crippen LogP contribution in [-0.2, 0) is 12.8 Å². The van der Waals surface area contributed by atoms with Crippen molar-refractivity contribution in [2.75, 3.05) is 6.54 Å². The molecule has 164 valence electrons. The Labute approximate surface area is 188 Å². The van der Waals surface area contributed by atoms with Crippen molar-refractivity contribution < 1.29 is 9.21 Å². The molecule has 0 saturated carbocycles. The fourth-order valence-electron chi connectivity index (χ4n) is 4.35. The van der Waals surface area contributed by atoms with Gasteiger partial charge in [-0.1, -0.05) is 19.1 Å². The van der Waals surface area contributed by atoms with Gasteiger partial charge >= 0.3 is 11.8 Å². The highest BCUT2D eigenvalue weighted by molar-refractivity contribution is 5.90. The van der Waals surface area contributed by atoms with Crippen molar-refractivity contribution in [3.8, 4) is 11.6 Å². The van der Waals surface area contributed by atoms with Crippen LogP contribution < -0.4 is 0 Å². The number of amides is 1. The van der Waals surface area contributed by atoms with Crippen molar-refractivity contribution in [3.63, 3.8) is 0 Å². The van der Waals surface area contributed by atoms with Gasteiger partial charge in [0.1, 0.15) is 11.7 Å². The van der Waals surface area contributed by atoms with Gasteiger partial charge in [-0.05, 0) is 36.2 Å². The third kappa shape index (κ3) is 3.18. The van der Waals surface area contributed by atoms with Gasteiger partial charge in [0.15, 0.2) is 0 Å². The number of fused-ring (bicyclic) bond motifs is 2. The van der Waals surface area contributed by atoms with E-state index in [1.165, 1.54) is 5.56 Å². The molecule has 0 aliphatic carbocycles. The first-order chi connectivity index (χ1) is 16.2. The second-order valence-corrected chi connectivity index (χ2v) is 7.83. The molecule has 1 atom stereocenters. The molecule has 0 radical (unpaired) electrons. The molecule has 0 unspecified atom stereocenters. The van der Waals surface area contributed by atoms with Gasteiger partial charge in [0.05, 0.1) is 23.2 Å². The Kier molecular flexibility index (Phi) is 4.49. The lowest BCUT2D eigenvalue weighted by Gasteiger charge is -2.32. The number of hydrogen-bond donors (Lipinski definition) is 1. The first-order valence-corrected chi connectivity index (χ1v) is 10.8. The number of aromatic nitrogens is 7. The number of aromatic amines is 1. The highest BCUT2D eigenvalue weighted by Gasteiger charge is 2.38. The van der Waals surface area contributed by atoms with Gasteiger partial charge < -0.3 is 14.3 Å². The fraction of sp³-hybridized carbons (Fsp3) is 0.217. The molecule has 33 heavy (non-hydrogen) atoms. The van der Waals surface area contributed by atoms with Crippen LogP contribution in [0.3, 0.4) is 0 Å². The average molecular weight is 440 g/mol. The van der Waals surface area contributed by atoms with Crippen LogP contribution in [0.1, 0.15) is 46.3 Å². The topological polar surface area (TPSA) is 118 Å². The van der Waals surface area contributed by atoms with E-state index in [4.69, 9.17) is 9.52 Å². The van der Waals surface area contributed by atoms with Crippen LogP contribution >= 0.6 is 0 Å². The number of imidazole rings is 1. The Bertz CT molecular complexity index is 1450. The summed E-state index contributed by atoms with van der Waals surface area (Å²) >= 11 is 0. The minimum atomic E-state index is -0.470. The molecule has 10 heteroatoms. The van der Waals surface area contributed by atoms with Crippen LogP contribution in [-0.4, -0.2) is 52.1 Å². The van der Waals surface area contributed by atoms with Crippen molar-refractivity contribution >= 4 is 11.4 Å². The quantitative estimate of drug-likeness (QED) is 0.456. The minimum absolute atomic E-state index is 0.0855. The number of pyridine rings is 2. The van der Waals surface area contributed by atoms with E-state index in [0.29, 0.717) is 18.7 Å². The molecule has 1 amide bonds. The number of H-pyrrole nitrogens is 1. The Morgan fingerprint density at radius 3 is 3.00 bits per heavy atom. The monoisotopic (exact) mass is 440 g/mol. The van der Waals surface area contributed by atoms with E-state index in [9.17, 15) is 4.79 Å². The summed E-state index contributed by atoms with van der Waals surface area (Å²) in [5, 5.41) is 12.8. The molecule has 0 aromatic carbocycles. The van der Waals surface area contributed by atoms with Gasteiger partial charge in [-0.2, -0.15) is 5.10 Å². The molecular weight excluding hydrogens is 420 g/mol. The van der Waals surface area contributed by atoms with Crippen LogP contribution in [0.5, 0.6) is 0 Å². The van der Waals surface area contributed by atoms with Crippen molar-refractivity contribution in [3.05, 3.63) is 83.7 Å². The molecule has 1 aliphatic heterocycles. The summed E-state index contributed by atoms with van der Waals surface area (Å²) in [5.41, 5.74) is 5.23. The molecule has 10 nitrogen and oxygen atoms in total. The zero-order chi connectivity index (χ0) is 22.4. The lowest BCUT2D eigenvalue weighted by Crippen LogP contribution is -2.41. The fourth-order valence-corrected chi connectivity index (χ4v) is 4.35. The molecule has 5 aromatic rings. The number of nitrogens with one attached hydrogen (secondary N) is 1. The highest BCUT2D eigenvalue weighted by Crippen LogP contribution is 2.34. The third-order valence-electron chi connectivity index (χ3n) is 5.95. The number of rotatable bonds is 4. The van der Waals surface area contributed by atoms with Crippen molar-refractivity contribution in [2.24, 2.45) is 0 Å². The van der Waals surface area contributed by atoms with E-state index in [2.05, 4.69) is 38.1 Å². The summed E-state index contributed by atoms with van der Waals surface area (Å²) in [4.78, 5) is 27.2. The van der Waals surface area contributed by atoms with Gasteiger partial charge in [0.2, 0.25) is 0 Å². The van der Waals surface area contributed by atoms with Gasteiger partial charge in [-0.15, -0.1) is 10.2 Å². The summed E-state index contributed by atoms with van der Waals surface area (Å²) in [7, 11) is 0. The molecule has 0 fully saturated rings. The molecule has 6 heterocycles. The van der Waals surface area contributed by atoms with Gasteiger partial charge in [-0.3, -0.25) is 9.78 Å². The van der Waals surface area contributed by atoms with Crippen LogP contribution in [0.4, 0.5) is 0 Å². The predicted octanol–water partition coefficient (Wildman–Crippen LogP) is 2.85. The normalized spacial score (nSPS) is 15.7. The van der Waals surface area contributed by atoms with Gasteiger partial charge in [-0.25, -0.2) is 9.50 Å². The van der Waals surface area contributed by atoms with Crippen molar-refractivity contribution in [2.45, 2.75) is 25.8 Å². The second kappa shape index (κ2) is 7.66. The van der Waals surface area contributed by atoms with E-state index < -0.39 is 6.04 Å². The van der Waals surface area contributed by atoms with E-state index in [1.807, 2.05) is 28.9 Å². The Balaban J connectivity index is 1.41. The maximum absolute atomic E-state index is 13.5. The second-order valence-electron chi connectivity index (χ2n) is 7.83. The first-order valence-electron chi connectivity index (χ1n) is 10.8. The van der Waals surface area contributed by atoms with E-state index in [0.717, 1.165) is 29.0 Å². The Morgan fingerprint density at radius 2 is 2.15 bits per heavy atom. The Morgan fingerprint density at radius 1 is 1.21 bits per heavy atom. The standard InChI is InChI=1S/C23H20N8O2/c1-2-14-6-5-10-31-18(14)12-17(29-31)20-19-15(25-13-26-19)8-11-30(20)23(32)22-28-27-21(33-22)16-7-3-4-9-24-16/h3-7,9-10,12-13,20H,2,8,11H2,1H3,(H,25,26)/t20-/m0/s1. The minimum Gasteiger partial charge on any atom is -0.411 e. The predicted molar refractivity (Wildman–Crippen MR) is 117 cm³/mol. The third-order valence-corrected chi connectivity index (χ3v) is 5.95. The SMILES string of the molecule is CCc1cccn2nc([C@H]3c4nc[nH]c4CCN3C(=O)c3nnc(-c4ccccn4)o3)cc12. The zero-order valence-electron chi connectivity index (χ0n) is 17.8. The summed E-state index contributed by atoms with van der Waals surface area (Å²) in [6.07, 6.45) is 6.73. The van der Waals surface area contributed by atoms with Gasteiger partial charge in [0.25, 0.3) is 5.89 Å². The lowest BCUT2D eigenvalue weighted by atomic mass is 9.99. The van der Waals surface area contributed by atoms with Crippen molar-refractivity contribution in [1.29, 1.82) is 0 Å². The molecule has 0 spiro atoms. The number of aryl methyl sites for hydroxylation is 1. The summed E-state index contributed by atoms with van der Waals surface area (Å²) in [6.45, 7) is 2.58. The van der Waals surface area contributed by atoms with E-state index in [1.54, 1.807) is 29.6 Å². The number of hydrogen-bond acceptors (Lipinski definition) is 7. The summed E-state index contributed by atoms with van der Waals surface area (Å²) in [6, 6.07) is 11.0. The number of nitrogens with zero attached hydrogens (tertiary/aromatic N) is 7. The van der Waals surface area contributed by atoms with E-state index >= 15 is 0 Å². The van der Waals surface area contributed by atoms with Crippen LogP contribution in [0.2, 0.25) is 0 Å². The summed E-state index contributed by atoms with van der Waals surface area (Å²) < 4.78 is 7.55. The Hall–Kier alpha value is -4.34. The largest absolute Gasteiger partial charge is 0.411 e. The molecule has 6 rings (SSSR count). The summed E-state index contributed by atoms with van der Waals surface area (Å²) in [5.74, 6) is -0.248. The molecular formula is C23H20N8O2. The van der Waals surface area contributed by atoms with Crippen LogP contribution in [0, 0.1) is 0 Å². The number of carbonyl (C=O) groups is 1. The van der Waals surface area contributed by atoms with Crippen molar-refractivity contribution in [1.82, 2.24) is 39.7 Å². The molecule has 1 aliphatic rings.